The van der Waals surface area contributed by atoms with Crippen LogP contribution in [0, 0.1) is 5.92 Å². The predicted octanol–water partition coefficient (Wildman–Crippen LogP) is 2.27. The average molecular weight is 402 g/mol. The lowest BCUT2D eigenvalue weighted by Gasteiger charge is -2.50. The minimum Gasteiger partial charge on any atom is -0.480 e. The number of ether oxygens (including phenoxy) is 1. The number of rotatable bonds is 6. The maximum atomic E-state index is 12.3. The number of carbonyl (C=O) groups is 2. The molecule has 2 aliphatic heterocycles. The standard InChI is InChI=1S/C22H31N3O4/c1-24(2)19-16(14-29-19)12-21(17-6-4-3-5-7-17)8-10-22(11-9-21)15-25(13-18(26)27)20(28)23-22/h3-7,16,19H,8-15H2,1-2H3,(H,23,28)(H,26,27). The Morgan fingerprint density at radius 3 is 2.48 bits per heavy atom. The van der Waals surface area contributed by atoms with Gasteiger partial charge in [-0.3, -0.25) is 9.69 Å². The first kappa shape index (κ1) is 20.2. The van der Waals surface area contributed by atoms with Crippen molar-refractivity contribution in [2.45, 2.75) is 49.3 Å². The van der Waals surface area contributed by atoms with Crippen LogP contribution in [0.4, 0.5) is 4.79 Å². The monoisotopic (exact) mass is 401 g/mol. The van der Waals surface area contributed by atoms with Gasteiger partial charge in [-0.05, 0) is 57.2 Å². The molecule has 1 saturated carbocycles. The van der Waals surface area contributed by atoms with Crippen LogP contribution in [-0.2, 0) is 14.9 Å². The molecule has 7 nitrogen and oxygen atoms in total. The van der Waals surface area contributed by atoms with Crippen LogP contribution < -0.4 is 5.32 Å². The van der Waals surface area contributed by atoms with Gasteiger partial charge in [0.05, 0.1) is 12.1 Å². The molecule has 3 fully saturated rings. The molecular formula is C22H31N3O4. The summed E-state index contributed by atoms with van der Waals surface area (Å²) in [6.07, 6.45) is 4.93. The van der Waals surface area contributed by atoms with E-state index < -0.39 is 5.97 Å². The summed E-state index contributed by atoms with van der Waals surface area (Å²) in [7, 11) is 4.12. The van der Waals surface area contributed by atoms with Crippen LogP contribution in [0.15, 0.2) is 30.3 Å². The Balaban J connectivity index is 1.51. The van der Waals surface area contributed by atoms with Crippen molar-refractivity contribution in [3.8, 4) is 0 Å². The van der Waals surface area contributed by atoms with Gasteiger partial charge in [-0.25, -0.2) is 4.79 Å². The second-order valence-electron chi connectivity index (χ2n) is 9.26. The molecule has 0 radical (unpaired) electrons. The van der Waals surface area contributed by atoms with E-state index >= 15 is 0 Å². The number of benzene rings is 1. The fraction of sp³-hybridized carbons (Fsp3) is 0.636. The second kappa shape index (κ2) is 7.61. The first-order valence-corrected chi connectivity index (χ1v) is 10.5. The van der Waals surface area contributed by atoms with E-state index in [2.05, 4.69) is 54.6 Å². The van der Waals surface area contributed by atoms with Crippen LogP contribution >= 0.6 is 0 Å². The minimum atomic E-state index is -0.966. The molecule has 2 amide bonds. The van der Waals surface area contributed by atoms with Gasteiger partial charge in [0.15, 0.2) is 0 Å². The molecule has 2 atom stereocenters. The first-order valence-electron chi connectivity index (χ1n) is 10.5. The van der Waals surface area contributed by atoms with Gasteiger partial charge in [-0.15, -0.1) is 0 Å². The molecule has 4 rings (SSSR count). The summed E-state index contributed by atoms with van der Waals surface area (Å²) in [6, 6.07) is 10.5. The summed E-state index contributed by atoms with van der Waals surface area (Å²) in [4.78, 5) is 26.9. The predicted molar refractivity (Wildman–Crippen MR) is 109 cm³/mol. The van der Waals surface area contributed by atoms with E-state index in [0.717, 1.165) is 38.7 Å². The highest BCUT2D eigenvalue weighted by Gasteiger charge is 2.51. The normalized spacial score (nSPS) is 34.3. The molecule has 2 heterocycles. The first-order chi connectivity index (χ1) is 13.8. The Hall–Kier alpha value is -2.12. The third-order valence-corrected chi connectivity index (χ3v) is 7.08. The molecule has 0 aromatic heterocycles. The lowest BCUT2D eigenvalue weighted by molar-refractivity contribution is -0.190. The van der Waals surface area contributed by atoms with Crippen LogP contribution in [0.25, 0.3) is 0 Å². The fourth-order valence-electron chi connectivity index (χ4n) is 5.52. The summed E-state index contributed by atoms with van der Waals surface area (Å²) >= 11 is 0. The third kappa shape index (κ3) is 3.85. The summed E-state index contributed by atoms with van der Waals surface area (Å²) < 4.78 is 5.79. The molecule has 29 heavy (non-hydrogen) atoms. The Kier molecular flexibility index (Phi) is 5.29. The Bertz CT molecular complexity index is 759. The Morgan fingerprint density at radius 2 is 1.93 bits per heavy atom. The van der Waals surface area contributed by atoms with E-state index in [-0.39, 0.29) is 29.8 Å². The number of carboxylic acids is 1. The number of amides is 2. The summed E-state index contributed by atoms with van der Waals surface area (Å²) in [6.45, 7) is 1.04. The lowest BCUT2D eigenvalue weighted by atomic mass is 9.60. The van der Waals surface area contributed by atoms with Crippen molar-refractivity contribution >= 4 is 12.0 Å². The van der Waals surface area contributed by atoms with Gasteiger partial charge in [-0.1, -0.05) is 30.3 Å². The van der Waals surface area contributed by atoms with Crippen molar-refractivity contribution in [3.05, 3.63) is 35.9 Å². The lowest BCUT2D eigenvalue weighted by Crippen LogP contribution is -2.54. The van der Waals surface area contributed by atoms with E-state index in [0.29, 0.717) is 12.5 Å². The molecule has 2 N–H and O–H groups in total. The van der Waals surface area contributed by atoms with Crippen molar-refractivity contribution in [1.29, 1.82) is 0 Å². The van der Waals surface area contributed by atoms with E-state index in [1.807, 2.05) is 0 Å². The van der Waals surface area contributed by atoms with Crippen LogP contribution in [0.3, 0.4) is 0 Å². The number of carbonyl (C=O) groups excluding carboxylic acids is 1. The number of hydrogen-bond acceptors (Lipinski definition) is 4. The highest BCUT2D eigenvalue weighted by Crippen LogP contribution is 2.49. The number of nitrogens with one attached hydrogen (secondary N) is 1. The SMILES string of the molecule is CN(C)C1OCC1CC1(c2ccccc2)CCC2(CC1)CN(CC(=O)O)C(=O)N2. The van der Waals surface area contributed by atoms with E-state index in [9.17, 15) is 9.59 Å². The largest absolute Gasteiger partial charge is 0.480 e. The zero-order valence-electron chi connectivity index (χ0n) is 17.3. The van der Waals surface area contributed by atoms with Gasteiger partial charge in [0.1, 0.15) is 12.8 Å². The highest BCUT2D eigenvalue weighted by atomic mass is 16.5. The van der Waals surface area contributed by atoms with E-state index in [1.165, 1.54) is 10.5 Å². The Labute approximate surface area is 172 Å². The summed E-state index contributed by atoms with van der Waals surface area (Å²) in [5, 5.41) is 12.2. The van der Waals surface area contributed by atoms with Crippen molar-refractivity contribution in [1.82, 2.24) is 15.1 Å². The number of nitrogens with zero attached hydrogens (tertiary/aromatic N) is 2. The van der Waals surface area contributed by atoms with Crippen molar-refractivity contribution < 1.29 is 19.4 Å². The molecule has 1 spiro atoms. The Morgan fingerprint density at radius 1 is 1.24 bits per heavy atom. The van der Waals surface area contributed by atoms with Gasteiger partial charge >= 0.3 is 12.0 Å². The van der Waals surface area contributed by atoms with Crippen LogP contribution in [0.2, 0.25) is 0 Å². The van der Waals surface area contributed by atoms with E-state index in [1.54, 1.807) is 0 Å². The molecule has 2 unspecified atom stereocenters. The number of carboxylic acid groups (broad SMARTS) is 1. The molecule has 2 saturated heterocycles. The fourth-order valence-corrected chi connectivity index (χ4v) is 5.52. The summed E-state index contributed by atoms with van der Waals surface area (Å²) in [5.74, 6) is -0.465. The second-order valence-corrected chi connectivity index (χ2v) is 9.26. The van der Waals surface area contributed by atoms with Crippen LogP contribution in [0.5, 0.6) is 0 Å². The van der Waals surface area contributed by atoms with Crippen molar-refractivity contribution in [2.75, 3.05) is 33.8 Å². The topological polar surface area (TPSA) is 82.1 Å². The highest BCUT2D eigenvalue weighted by molar-refractivity contribution is 5.82. The van der Waals surface area contributed by atoms with Gasteiger partial charge in [0.2, 0.25) is 0 Å². The molecule has 1 aliphatic carbocycles. The van der Waals surface area contributed by atoms with Gasteiger partial charge in [0, 0.05) is 12.5 Å². The number of urea groups is 1. The third-order valence-electron chi connectivity index (χ3n) is 7.08. The molecule has 1 aromatic rings. The van der Waals surface area contributed by atoms with Gasteiger partial charge < -0.3 is 20.1 Å². The smallest absolute Gasteiger partial charge is 0.323 e. The van der Waals surface area contributed by atoms with Crippen LogP contribution in [-0.4, -0.2) is 72.5 Å². The van der Waals surface area contributed by atoms with Crippen molar-refractivity contribution in [2.24, 2.45) is 5.92 Å². The van der Waals surface area contributed by atoms with E-state index in [4.69, 9.17) is 9.84 Å². The number of hydrogen-bond donors (Lipinski definition) is 2. The van der Waals surface area contributed by atoms with Gasteiger partial charge in [0.25, 0.3) is 0 Å². The maximum Gasteiger partial charge on any atom is 0.323 e. The molecule has 3 aliphatic rings. The molecule has 1 aromatic carbocycles. The average Bonchev–Trinajstić information content (AvgIpc) is 2.95. The van der Waals surface area contributed by atoms with Crippen LogP contribution in [0.1, 0.15) is 37.7 Å². The molecule has 158 valence electrons. The number of aliphatic carboxylic acids is 1. The van der Waals surface area contributed by atoms with Gasteiger partial charge in [-0.2, -0.15) is 0 Å². The summed E-state index contributed by atoms with van der Waals surface area (Å²) in [5.41, 5.74) is 1.13. The minimum absolute atomic E-state index is 0.0696. The molecule has 0 bridgehead atoms. The molecular weight excluding hydrogens is 370 g/mol. The molecule has 7 heteroatoms. The van der Waals surface area contributed by atoms with Crippen molar-refractivity contribution in [3.63, 3.8) is 0 Å². The zero-order valence-corrected chi connectivity index (χ0v) is 17.3. The maximum absolute atomic E-state index is 12.3. The zero-order chi connectivity index (χ0) is 20.6. The quantitative estimate of drug-likeness (QED) is 0.764.